The van der Waals surface area contributed by atoms with Gasteiger partial charge in [0, 0.05) is 23.3 Å². The number of piperidine rings is 1. The molecular weight excluding hydrogens is 234 g/mol. The van der Waals surface area contributed by atoms with Crippen LogP contribution in [0.15, 0.2) is 12.5 Å². The van der Waals surface area contributed by atoms with Crippen LogP contribution in [0.3, 0.4) is 0 Å². The van der Waals surface area contributed by atoms with Gasteiger partial charge >= 0.3 is 0 Å². The molecule has 3 nitrogen and oxygen atoms in total. The highest BCUT2D eigenvalue weighted by Gasteiger charge is 2.30. The number of aromatic nitrogens is 2. The summed E-state index contributed by atoms with van der Waals surface area (Å²) in [5.74, 6) is 0.669. The highest BCUT2D eigenvalue weighted by Crippen LogP contribution is 2.35. The van der Waals surface area contributed by atoms with Gasteiger partial charge in [0.2, 0.25) is 0 Å². The number of imidazole rings is 1. The van der Waals surface area contributed by atoms with Crippen LogP contribution in [0.4, 0.5) is 0 Å². The van der Waals surface area contributed by atoms with Crippen LogP contribution < -0.4 is 5.32 Å². The molecule has 0 atom stereocenters. The van der Waals surface area contributed by atoms with E-state index in [0.717, 1.165) is 19.5 Å². The lowest BCUT2D eigenvalue weighted by Gasteiger charge is -2.36. The van der Waals surface area contributed by atoms with Gasteiger partial charge in [-0.3, -0.25) is 0 Å². The third-order valence-electron chi connectivity index (χ3n) is 4.04. The van der Waals surface area contributed by atoms with Gasteiger partial charge < -0.3 is 9.88 Å². The van der Waals surface area contributed by atoms with Gasteiger partial charge in [0.05, 0.1) is 6.33 Å². The fraction of sp³-hybridized carbons (Fsp3) is 0.812. The molecule has 1 fully saturated rings. The van der Waals surface area contributed by atoms with Gasteiger partial charge in [-0.2, -0.15) is 0 Å². The average Bonchev–Trinajstić information content (AvgIpc) is 2.76. The second kappa shape index (κ2) is 5.28. The van der Waals surface area contributed by atoms with E-state index < -0.39 is 0 Å². The van der Waals surface area contributed by atoms with E-state index in [1.54, 1.807) is 0 Å². The second-order valence-corrected chi connectivity index (χ2v) is 7.76. The molecule has 108 valence electrons. The van der Waals surface area contributed by atoms with Gasteiger partial charge in [0.15, 0.2) is 0 Å². The van der Waals surface area contributed by atoms with Gasteiger partial charge in [-0.05, 0) is 51.6 Å². The van der Waals surface area contributed by atoms with Crippen molar-refractivity contribution in [3.63, 3.8) is 0 Å². The van der Waals surface area contributed by atoms with E-state index in [-0.39, 0.29) is 5.54 Å². The molecule has 2 rings (SSSR count). The Morgan fingerprint density at radius 2 is 1.84 bits per heavy atom. The number of nitrogens with one attached hydrogen (secondary N) is 1. The molecule has 0 bridgehead atoms. The maximum Gasteiger partial charge on any atom is 0.0953 e. The molecule has 2 heterocycles. The fourth-order valence-electron chi connectivity index (χ4n) is 3.61. The first kappa shape index (κ1) is 14.6. The number of rotatable bonds is 3. The molecule has 0 amide bonds. The zero-order valence-corrected chi connectivity index (χ0v) is 13.2. The van der Waals surface area contributed by atoms with Crippen molar-refractivity contribution in [3.8, 4) is 0 Å². The van der Waals surface area contributed by atoms with Crippen molar-refractivity contribution in [2.45, 2.75) is 65.3 Å². The van der Waals surface area contributed by atoms with Crippen molar-refractivity contribution >= 4 is 0 Å². The summed E-state index contributed by atoms with van der Waals surface area (Å²) in [7, 11) is 0. The predicted octanol–water partition coefficient (Wildman–Crippen LogP) is 3.52. The lowest BCUT2D eigenvalue weighted by molar-refractivity contribution is 0.206. The van der Waals surface area contributed by atoms with Crippen LogP contribution in [0.25, 0.3) is 0 Å². The molecule has 3 heteroatoms. The Kier molecular flexibility index (Phi) is 4.05. The van der Waals surface area contributed by atoms with E-state index in [0.29, 0.717) is 11.3 Å². The summed E-state index contributed by atoms with van der Waals surface area (Å²) in [5.41, 5.74) is 1.89. The van der Waals surface area contributed by atoms with Crippen LogP contribution in [0, 0.1) is 5.41 Å². The van der Waals surface area contributed by atoms with Crippen molar-refractivity contribution < 1.29 is 0 Å². The normalized spacial score (nSPS) is 18.8. The highest BCUT2D eigenvalue weighted by atomic mass is 15.1. The van der Waals surface area contributed by atoms with E-state index >= 15 is 0 Å². The van der Waals surface area contributed by atoms with Gasteiger partial charge in [-0.1, -0.05) is 20.8 Å². The lowest BCUT2D eigenvalue weighted by atomic mass is 9.81. The van der Waals surface area contributed by atoms with Crippen LogP contribution >= 0.6 is 0 Å². The van der Waals surface area contributed by atoms with Crippen molar-refractivity contribution in [2.75, 3.05) is 13.1 Å². The Labute approximate surface area is 117 Å². The van der Waals surface area contributed by atoms with E-state index in [1.807, 2.05) is 6.33 Å². The maximum atomic E-state index is 4.44. The summed E-state index contributed by atoms with van der Waals surface area (Å²) in [6, 6.07) is 0. The van der Waals surface area contributed by atoms with Crippen LogP contribution in [0.1, 0.15) is 65.5 Å². The fourth-order valence-corrected chi connectivity index (χ4v) is 3.61. The number of nitrogens with zero attached hydrogens (tertiary/aromatic N) is 2. The first-order valence-electron chi connectivity index (χ1n) is 7.53. The standard InChI is InChI=1S/C16H29N3/c1-15(2,3)11-16(4,5)19-12-18-10-14(19)13-6-8-17-9-7-13/h10,12-13,17H,6-9,11H2,1-5H3. The predicted molar refractivity (Wildman–Crippen MR) is 80.5 cm³/mol. The molecule has 0 spiro atoms. The first-order valence-corrected chi connectivity index (χ1v) is 7.53. The molecule has 1 N–H and O–H groups in total. The summed E-state index contributed by atoms with van der Waals surface area (Å²) in [6.45, 7) is 13.9. The molecule has 1 aliphatic heterocycles. The van der Waals surface area contributed by atoms with E-state index in [1.165, 1.54) is 18.5 Å². The third-order valence-corrected chi connectivity index (χ3v) is 4.04. The highest BCUT2D eigenvalue weighted by molar-refractivity contribution is 5.11. The molecule has 0 aliphatic carbocycles. The monoisotopic (exact) mass is 263 g/mol. The minimum atomic E-state index is 0.134. The molecular formula is C16H29N3. The van der Waals surface area contributed by atoms with Crippen LogP contribution in [0.2, 0.25) is 0 Å². The molecule has 1 aromatic heterocycles. The van der Waals surface area contributed by atoms with Crippen molar-refractivity contribution in [2.24, 2.45) is 5.41 Å². The average molecular weight is 263 g/mol. The maximum absolute atomic E-state index is 4.44. The topological polar surface area (TPSA) is 29.9 Å². The molecule has 0 unspecified atom stereocenters. The Morgan fingerprint density at radius 1 is 1.21 bits per heavy atom. The molecule has 0 aromatic carbocycles. The van der Waals surface area contributed by atoms with Gasteiger partial charge in [-0.25, -0.2) is 4.98 Å². The lowest BCUT2D eigenvalue weighted by Crippen LogP contribution is -2.34. The zero-order chi connectivity index (χ0) is 14.1. The molecule has 1 aliphatic rings. The molecule has 19 heavy (non-hydrogen) atoms. The second-order valence-electron chi connectivity index (χ2n) is 7.76. The summed E-state index contributed by atoms with van der Waals surface area (Å²) >= 11 is 0. The van der Waals surface area contributed by atoms with Crippen LogP contribution in [-0.4, -0.2) is 22.6 Å². The van der Waals surface area contributed by atoms with E-state index in [9.17, 15) is 0 Å². The van der Waals surface area contributed by atoms with Crippen LogP contribution in [-0.2, 0) is 5.54 Å². The van der Waals surface area contributed by atoms with Crippen LogP contribution in [0.5, 0.6) is 0 Å². The third kappa shape index (κ3) is 3.59. The minimum Gasteiger partial charge on any atom is -0.329 e. The quantitative estimate of drug-likeness (QED) is 0.904. The molecule has 1 saturated heterocycles. The Balaban J connectivity index is 2.22. The molecule has 1 aromatic rings. The molecule has 0 saturated carbocycles. The Morgan fingerprint density at radius 3 is 2.42 bits per heavy atom. The van der Waals surface area contributed by atoms with E-state index in [2.05, 4.69) is 55.7 Å². The Bertz CT molecular complexity index is 406. The number of hydrogen-bond acceptors (Lipinski definition) is 2. The zero-order valence-electron chi connectivity index (χ0n) is 13.2. The SMILES string of the molecule is CC(C)(C)CC(C)(C)n1cncc1C1CCNCC1. The largest absolute Gasteiger partial charge is 0.329 e. The Hall–Kier alpha value is -0.830. The summed E-state index contributed by atoms with van der Waals surface area (Å²) in [5, 5.41) is 3.44. The first-order chi connectivity index (χ1) is 8.80. The van der Waals surface area contributed by atoms with Crippen molar-refractivity contribution in [3.05, 3.63) is 18.2 Å². The number of hydrogen-bond donors (Lipinski definition) is 1. The smallest absolute Gasteiger partial charge is 0.0953 e. The van der Waals surface area contributed by atoms with Crippen molar-refractivity contribution in [1.29, 1.82) is 0 Å². The van der Waals surface area contributed by atoms with Gasteiger partial charge in [0.25, 0.3) is 0 Å². The van der Waals surface area contributed by atoms with E-state index in [4.69, 9.17) is 0 Å². The summed E-state index contributed by atoms with van der Waals surface area (Å²) < 4.78 is 2.42. The summed E-state index contributed by atoms with van der Waals surface area (Å²) in [6.07, 6.45) is 7.74. The van der Waals surface area contributed by atoms with Gasteiger partial charge in [0.1, 0.15) is 0 Å². The van der Waals surface area contributed by atoms with Gasteiger partial charge in [-0.15, -0.1) is 0 Å². The summed E-state index contributed by atoms with van der Waals surface area (Å²) in [4.78, 5) is 4.44. The van der Waals surface area contributed by atoms with Crippen molar-refractivity contribution in [1.82, 2.24) is 14.9 Å². The molecule has 0 radical (unpaired) electrons. The minimum absolute atomic E-state index is 0.134.